The van der Waals surface area contributed by atoms with E-state index < -0.39 is 20.5 Å². The monoisotopic (exact) mass is 297 g/mol. The minimum Gasteiger partial charge on any atom is -0.370 e. The minimum absolute atomic E-state index is 0.137. The average molecular weight is 298 g/mol. The molecule has 106 valence electrons. The summed E-state index contributed by atoms with van der Waals surface area (Å²) in [5.74, 6) is -0.108. The number of halogens is 1. The van der Waals surface area contributed by atoms with E-state index in [4.69, 9.17) is 16.3 Å². The molecule has 0 aromatic carbocycles. The fraction of sp³-hybridized carbons (Fsp3) is 0.909. The van der Waals surface area contributed by atoms with E-state index in [2.05, 4.69) is 0 Å². The maximum atomic E-state index is 12.3. The van der Waals surface area contributed by atoms with Crippen LogP contribution in [0.4, 0.5) is 0 Å². The number of sulfone groups is 1. The van der Waals surface area contributed by atoms with Crippen LogP contribution in [0.15, 0.2) is 0 Å². The van der Waals surface area contributed by atoms with Crippen molar-refractivity contribution < 1.29 is 17.9 Å². The molecule has 0 radical (unpaired) electrons. The summed E-state index contributed by atoms with van der Waals surface area (Å²) in [5.41, 5.74) is 0. The second kappa shape index (κ2) is 5.35. The molecule has 0 saturated carbocycles. The van der Waals surface area contributed by atoms with Gasteiger partial charge in [0.25, 0.3) is 0 Å². The van der Waals surface area contributed by atoms with Crippen molar-refractivity contribution in [1.82, 2.24) is 4.90 Å². The van der Waals surface area contributed by atoms with Gasteiger partial charge in [0.2, 0.25) is 5.91 Å². The van der Waals surface area contributed by atoms with Crippen LogP contribution in [0.25, 0.3) is 0 Å². The number of ether oxygens (including phenoxy) is 1. The van der Waals surface area contributed by atoms with E-state index in [1.54, 1.807) is 0 Å². The Morgan fingerprint density at radius 1 is 1.44 bits per heavy atom. The van der Waals surface area contributed by atoms with E-state index >= 15 is 0 Å². The topological polar surface area (TPSA) is 63.7 Å². The summed E-state index contributed by atoms with van der Waals surface area (Å²) in [6.07, 6.45) is 0.699. The Morgan fingerprint density at radius 3 is 2.44 bits per heavy atom. The first-order valence-corrected chi connectivity index (χ1v) is 8.22. The van der Waals surface area contributed by atoms with Crippen LogP contribution < -0.4 is 0 Å². The van der Waals surface area contributed by atoms with Crippen molar-refractivity contribution in [3.05, 3.63) is 0 Å². The summed E-state index contributed by atoms with van der Waals surface area (Å²) < 4.78 is 27.5. The molecule has 1 saturated heterocycles. The molecule has 1 rings (SSSR count). The molecule has 0 aromatic rings. The van der Waals surface area contributed by atoms with E-state index in [-0.39, 0.29) is 18.1 Å². The van der Waals surface area contributed by atoms with Crippen molar-refractivity contribution in [1.29, 1.82) is 0 Å². The van der Waals surface area contributed by atoms with Crippen molar-refractivity contribution in [3.8, 4) is 0 Å². The van der Waals surface area contributed by atoms with Gasteiger partial charge in [-0.25, -0.2) is 8.42 Å². The Bertz CT molecular complexity index is 421. The fourth-order valence-corrected chi connectivity index (χ4v) is 2.45. The van der Waals surface area contributed by atoms with E-state index in [1.807, 2.05) is 6.92 Å². The Labute approximate surface area is 113 Å². The van der Waals surface area contributed by atoms with Crippen molar-refractivity contribution in [2.24, 2.45) is 0 Å². The average Bonchev–Trinajstić information content (AvgIpc) is 2.25. The standard InChI is InChI=1S/C11H20ClNO4S/c1-8-6-13(7-9(5-12)17-8)10(14)11(2,3)18(4,15)16/h8-9H,5-7H2,1-4H3. The Balaban J connectivity index is 2.90. The zero-order valence-corrected chi connectivity index (χ0v) is 12.7. The smallest absolute Gasteiger partial charge is 0.243 e. The van der Waals surface area contributed by atoms with E-state index in [9.17, 15) is 13.2 Å². The zero-order valence-electron chi connectivity index (χ0n) is 11.1. The van der Waals surface area contributed by atoms with Crippen LogP contribution in [0.5, 0.6) is 0 Å². The largest absolute Gasteiger partial charge is 0.370 e. The van der Waals surface area contributed by atoms with Gasteiger partial charge in [-0.3, -0.25) is 4.79 Å². The molecular formula is C11H20ClNO4S. The molecule has 0 N–H and O–H groups in total. The van der Waals surface area contributed by atoms with Gasteiger partial charge in [-0.1, -0.05) is 0 Å². The summed E-state index contributed by atoms with van der Waals surface area (Å²) in [6.45, 7) is 5.43. The van der Waals surface area contributed by atoms with Crippen molar-refractivity contribution in [2.45, 2.75) is 37.7 Å². The third kappa shape index (κ3) is 3.16. The number of nitrogens with zero attached hydrogens (tertiary/aromatic N) is 1. The third-order valence-electron chi connectivity index (χ3n) is 3.23. The SMILES string of the molecule is CC1CN(C(=O)C(C)(C)S(C)(=O)=O)CC(CCl)O1. The van der Waals surface area contributed by atoms with Crippen LogP contribution in [0.3, 0.4) is 0 Å². The zero-order chi connectivity index (χ0) is 14.1. The molecule has 1 aliphatic heterocycles. The van der Waals surface area contributed by atoms with Crippen LogP contribution in [0, 0.1) is 0 Å². The molecule has 0 aromatic heterocycles. The van der Waals surface area contributed by atoms with Gasteiger partial charge in [-0.2, -0.15) is 0 Å². The molecule has 1 fully saturated rings. The predicted molar refractivity (Wildman–Crippen MR) is 70.6 cm³/mol. The van der Waals surface area contributed by atoms with Gasteiger partial charge in [0.1, 0.15) is 4.75 Å². The first-order valence-electron chi connectivity index (χ1n) is 5.80. The number of alkyl halides is 1. The molecule has 1 heterocycles. The highest BCUT2D eigenvalue weighted by Gasteiger charge is 2.43. The number of carbonyl (C=O) groups excluding carboxylic acids is 1. The fourth-order valence-electron chi connectivity index (χ4n) is 1.84. The van der Waals surface area contributed by atoms with Gasteiger partial charge in [-0.05, 0) is 20.8 Å². The summed E-state index contributed by atoms with van der Waals surface area (Å²) in [4.78, 5) is 13.9. The van der Waals surface area contributed by atoms with E-state index in [0.717, 1.165) is 6.26 Å². The van der Waals surface area contributed by atoms with Crippen LogP contribution in [0.2, 0.25) is 0 Å². The van der Waals surface area contributed by atoms with Gasteiger partial charge in [0.15, 0.2) is 9.84 Å². The number of hydrogen-bond donors (Lipinski definition) is 0. The van der Waals surface area contributed by atoms with Crippen LogP contribution in [0.1, 0.15) is 20.8 Å². The van der Waals surface area contributed by atoms with E-state index in [0.29, 0.717) is 13.1 Å². The maximum absolute atomic E-state index is 12.3. The highest BCUT2D eigenvalue weighted by molar-refractivity contribution is 7.92. The first kappa shape index (κ1) is 15.7. The third-order valence-corrected chi connectivity index (χ3v) is 5.60. The quantitative estimate of drug-likeness (QED) is 0.718. The van der Waals surface area contributed by atoms with Gasteiger partial charge in [0, 0.05) is 19.3 Å². The second-order valence-corrected chi connectivity index (χ2v) is 8.09. The summed E-state index contributed by atoms with van der Waals surface area (Å²) in [7, 11) is -3.46. The summed E-state index contributed by atoms with van der Waals surface area (Å²) >= 11 is 5.74. The molecule has 7 heteroatoms. The Kier molecular flexibility index (Phi) is 4.67. The number of amides is 1. The van der Waals surface area contributed by atoms with Gasteiger partial charge in [-0.15, -0.1) is 11.6 Å². The second-order valence-electron chi connectivity index (χ2n) is 5.22. The highest BCUT2D eigenvalue weighted by Crippen LogP contribution is 2.22. The van der Waals surface area contributed by atoms with E-state index in [1.165, 1.54) is 18.7 Å². The van der Waals surface area contributed by atoms with Gasteiger partial charge in [0.05, 0.1) is 18.1 Å². The lowest BCUT2D eigenvalue weighted by Gasteiger charge is -2.39. The Morgan fingerprint density at radius 2 is 2.00 bits per heavy atom. The molecule has 0 aliphatic carbocycles. The number of carbonyl (C=O) groups is 1. The molecule has 5 nitrogen and oxygen atoms in total. The summed E-state index contributed by atoms with van der Waals surface area (Å²) in [5, 5.41) is 0. The molecule has 1 amide bonds. The minimum atomic E-state index is -3.46. The van der Waals surface area contributed by atoms with Crippen molar-refractivity contribution >= 4 is 27.3 Å². The summed E-state index contributed by atoms with van der Waals surface area (Å²) in [6, 6.07) is 0. The van der Waals surface area contributed by atoms with Crippen LogP contribution in [-0.2, 0) is 19.4 Å². The lowest BCUT2D eigenvalue weighted by atomic mass is 10.1. The lowest BCUT2D eigenvalue weighted by Crippen LogP contribution is -2.57. The molecule has 0 spiro atoms. The van der Waals surface area contributed by atoms with Crippen LogP contribution in [-0.4, -0.2) is 61.4 Å². The number of rotatable bonds is 3. The normalized spacial score (nSPS) is 26.2. The molecular weight excluding hydrogens is 278 g/mol. The number of hydrogen-bond acceptors (Lipinski definition) is 4. The first-order chi connectivity index (χ1) is 8.09. The molecule has 2 atom stereocenters. The highest BCUT2D eigenvalue weighted by atomic mass is 35.5. The molecule has 18 heavy (non-hydrogen) atoms. The van der Waals surface area contributed by atoms with Crippen molar-refractivity contribution in [3.63, 3.8) is 0 Å². The molecule has 2 unspecified atom stereocenters. The lowest BCUT2D eigenvalue weighted by molar-refractivity contribution is -0.144. The molecule has 0 bridgehead atoms. The van der Waals surface area contributed by atoms with Gasteiger partial charge >= 0.3 is 0 Å². The predicted octanol–water partition coefficient (Wildman–Crippen LogP) is 0.664. The maximum Gasteiger partial charge on any atom is 0.243 e. The van der Waals surface area contributed by atoms with Crippen LogP contribution >= 0.6 is 11.6 Å². The van der Waals surface area contributed by atoms with Gasteiger partial charge < -0.3 is 9.64 Å². The number of morpholine rings is 1. The molecule has 1 aliphatic rings. The van der Waals surface area contributed by atoms with Crippen molar-refractivity contribution in [2.75, 3.05) is 25.2 Å². The Hall–Kier alpha value is -0.330.